The number of fused-ring (bicyclic) bond motifs is 1. The molecule has 2 saturated heterocycles. The average Bonchev–Trinajstić information content (AvgIpc) is 3.19. The quantitative estimate of drug-likeness (QED) is 0.827. The number of nitrogens with zero attached hydrogens (tertiary/aromatic N) is 4. The first-order valence-electron chi connectivity index (χ1n) is 8.38. The maximum Gasteiger partial charge on any atom is 0.263 e. The highest BCUT2D eigenvalue weighted by Gasteiger charge is 2.44. The maximum absolute atomic E-state index is 12.5. The molecule has 0 radical (unpaired) electrons. The molecule has 2 fully saturated rings. The summed E-state index contributed by atoms with van der Waals surface area (Å²) in [6.45, 7) is 9.15. The van der Waals surface area contributed by atoms with Gasteiger partial charge >= 0.3 is 0 Å². The van der Waals surface area contributed by atoms with Gasteiger partial charge in [-0.2, -0.15) is 10.1 Å². The summed E-state index contributed by atoms with van der Waals surface area (Å²) in [5.41, 5.74) is 0.464. The molecular weight excluding hydrogens is 292 g/mol. The number of anilines is 1. The van der Waals surface area contributed by atoms with E-state index in [2.05, 4.69) is 41.1 Å². The predicted molar refractivity (Wildman–Crippen MR) is 89.9 cm³/mol. The molecule has 4 heterocycles. The average molecular weight is 316 g/mol. The summed E-state index contributed by atoms with van der Waals surface area (Å²) in [5, 5.41) is 8.40. The van der Waals surface area contributed by atoms with Crippen LogP contribution >= 0.6 is 0 Å². The lowest BCUT2D eigenvalue weighted by molar-refractivity contribution is 0.365. The van der Waals surface area contributed by atoms with Gasteiger partial charge in [0.1, 0.15) is 5.39 Å². The SMILES string of the molecule is CC(C)(C)n1ncc2c(=O)[nH]c(N3CCCC34CCNC4)nc21. The number of nitrogens with one attached hydrogen (secondary N) is 2. The Morgan fingerprint density at radius 1 is 1.30 bits per heavy atom. The van der Waals surface area contributed by atoms with Crippen LogP contribution in [0.25, 0.3) is 11.0 Å². The number of aromatic nitrogens is 4. The predicted octanol–water partition coefficient (Wildman–Crippen LogP) is 1.21. The van der Waals surface area contributed by atoms with Gasteiger partial charge in [-0.3, -0.25) is 9.78 Å². The molecular formula is C16H24N6O. The molecule has 1 unspecified atom stereocenters. The lowest BCUT2D eigenvalue weighted by Crippen LogP contribution is -2.47. The molecule has 2 aliphatic rings. The third-order valence-corrected chi connectivity index (χ3v) is 5.13. The van der Waals surface area contributed by atoms with Gasteiger partial charge in [0.05, 0.1) is 17.3 Å². The minimum atomic E-state index is -0.211. The molecule has 0 aromatic carbocycles. The van der Waals surface area contributed by atoms with Crippen molar-refractivity contribution in [1.82, 2.24) is 25.1 Å². The summed E-state index contributed by atoms with van der Waals surface area (Å²) in [5.74, 6) is 0.690. The van der Waals surface area contributed by atoms with Gasteiger partial charge in [0.15, 0.2) is 5.65 Å². The van der Waals surface area contributed by atoms with Crippen LogP contribution in [-0.4, -0.2) is 44.9 Å². The van der Waals surface area contributed by atoms with E-state index in [1.54, 1.807) is 6.20 Å². The Labute approximate surface area is 135 Å². The molecule has 2 aliphatic heterocycles. The lowest BCUT2D eigenvalue weighted by atomic mass is 9.95. The van der Waals surface area contributed by atoms with Crippen LogP contribution in [0.15, 0.2) is 11.0 Å². The number of H-pyrrole nitrogens is 1. The van der Waals surface area contributed by atoms with Crippen molar-refractivity contribution < 1.29 is 0 Å². The van der Waals surface area contributed by atoms with Gasteiger partial charge in [-0.05, 0) is 46.6 Å². The molecule has 0 aliphatic carbocycles. The monoisotopic (exact) mass is 316 g/mol. The number of rotatable bonds is 1. The molecule has 23 heavy (non-hydrogen) atoms. The Morgan fingerprint density at radius 2 is 2.13 bits per heavy atom. The zero-order valence-corrected chi connectivity index (χ0v) is 14.0. The summed E-state index contributed by atoms with van der Waals surface area (Å²) in [4.78, 5) is 22.6. The van der Waals surface area contributed by atoms with Crippen LogP contribution in [0, 0.1) is 0 Å². The minimum absolute atomic E-state index is 0.103. The van der Waals surface area contributed by atoms with E-state index in [0.717, 1.165) is 38.9 Å². The number of aromatic amines is 1. The van der Waals surface area contributed by atoms with Gasteiger partial charge in [-0.1, -0.05) is 0 Å². The lowest BCUT2D eigenvalue weighted by Gasteiger charge is -2.34. The molecule has 0 bridgehead atoms. The van der Waals surface area contributed by atoms with Crippen LogP contribution in [-0.2, 0) is 5.54 Å². The Morgan fingerprint density at radius 3 is 2.83 bits per heavy atom. The van der Waals surface area contributed by atoms with Crippen molar-refractivity contribution in [2.75, 3.05) is 24.5 Å². The molecule has 2 aromatic heterocycles. The van der Waals surface area contributed by atoms with Gasteiger partial charge in [-0.25, -0.2) is 4.68 Å². The third-order valence-electron chi connectivity index (χ3n) is 5.13. The summed E-state index contributed by atoms with van der Waals surface area (Å²) in [6.07, 6.45) is 5.02. The van der Waals surface area contributed by atoms with Gasteiger partial charge < -0.3 is 10.2 Å². The van der Waals surface area contributed by atoms with Crippen molar-refractivity contribution in [3.8, 4) is 0 Å². The fourth-order valence-electron chi connectivity index (χ4n) is 3.97. The van der Waals surface area contributed by atoms with Crippen molar-refractivity contribution >= 4 is 17.0 Å². The highest BCUT2D eigenvalue weighted by molar-refractivity contribution is 5.75. The van der Waals surface area contributed by atoms with E-state index in [9.17, 15) is 4.79 Å². The zero-order valence-electron chi connectivity index (χ0n) is 14.0. The van der Waals surface area contributed by atoms with Crippen molar-refractivity contribution in [3.63, 3.8) is 0 Å². The van der Waals surface area contributed by atoms with E-state index >= 15 is 0 Å². The third kappa shape index (κ3) is 2.17. The van der Waals surface area contributed by atoms with Gasteiger partial charge in [-0.15, -0.1) is 0 Å². The van der Waals surface area contributed by atoms with Crippen molar-refractivity contribution in [1.29, 1.82) is 0 Å². The largest absolute Gasteiger partial charge is 0.335 e. The zero-order chi connectivity index (χ0) is 16.2. The maximum atomic E-state index is 12.5. The smallest absolute Gasteiger partial charge is 0.263 e. The van der Waals surface area contributed by atoms with Crippen molar-refractivity contribution in [2.45, 2.75) is 51.1 Å². The van der Waals surface area contributed by atoms with Crippen LogP contribution in [0.2, 0.25) is 0 Å². The molecule has 1 atom stereocenters. The van der Waals surface area contributed by atoms with Crippen LogP contribution < -0.4 is 15.8 Å². The minimum Gasteiger partial charge on any atom is -0.335 e. The van der Waals surface area contributed by atoms with E-state index in [1.807, 2.05) is 4.68 Å². The van der Waals surface area contributed by atoms with Crippen LogP contribution in [0.1, 0.15) is 40.0 Å². The summed E-state index contributed by atoms with van der Waals surface area (Å²) < 4.78 is 1.84. The molecule has 7 nitrogen and oxygen atoms in total. The molecule has 2 N–H and O–H groups in total. The highest BCUT2D eigenvalue weighted by atomic mass is 16.1. The molecule has 1 spiro atoms. The highest BCUT2D eigenvalue weighted by Crippen LogP contribution is 2.36. The van der Waals surface area contributed by atoms with E-state index < -0.39 is 0 Å². The van der Waals surface area contributed by atoms with Gasteiger partial charge in [0, 0.05) is 13.1 Å². The Hall–Kier alpha value is -1.89. The summed E-state index contributed by atoms with van der Waals surface area (Å²) in [7, 11) is 0. The van der Waals surface area contributed by atoms with Crippen molar-refractivity contribution in [3.05, 3.63) is 16.6 Å². The molecule has 0 amide bonds. The summed E-state index contributed by atoms with van der Waals surface area (Å²) in [6, 6.07) is 0. The molecule has 0 saturated carbocycles. The first-order valence-corrected chi connectivity index (χ1v) is 8.38. The number of hydrogen-bond acceptors (Lipinski definition) is 5. The summed E-state index contributed by atoms with van der Waals surface area (Å²) >= 11 is 0. The Bertz CT molecular complexity index is 787. The van der Waals surface area contributed by atoms with Crippen LogP contribution in [0.5, 0.6) is 0 Å². The van der Waals surface area contributed by atoms with E-state index in [-0.39, 0.29) is 16.6 Å². The van der Waals surface area contributed by atoms with Gasteiger partial charge in [0.2, 0.25) is 5.95 Å². The normalized spacial score (nSPS) is 25.1. The van der Waals surface area contributed by atoms with Crippen LogP contribution in [0.3, 0.4) is 0 Å². The second-order valence-electron chi connectivity index (χ2n) is 7.76. The van der Waals surface area contributed by atoms with E-state index in [4.69, 9.17) is 4.98 Å². The topological polar surface area (TPSA) is 78.8 Å². The second-order valence-corrected chi connectivity index (χ2v) is 7.76. The Balaban J connectivity index is 1.86. The van der Waals surface area contributed by atoms with Crippen molar-refractivity contribution in [2.24, 2.45) is 0 Å². The molecule has 124 valence electrons. The van der Waals surface area contributed by atoms with Gasteiger partial charge in [0.25, 0.3) is 5.56 Å². The second kappa shape index (κ2) is 4.80. The van der Waals surface area contributed by atoms with E-state index in [0.29, 0.717) is 17.0 Å². The molecule has 7 heteroatoms. The molecule has 2 aromatic rings. The fraction of sp³-hybridized carbons (Fsp3) is 0.688. The number of hydrogen-bond donors (Lipinski definition) is 2. The first kappa shape index (κ1) is 14.7. The standard InChI is InChI=1S/C16H24N6O/c1-15(2,3)22-12-11(9-18-22)13(23)20-14(19-12)21-8-4-5-16(21)6-7-17-10-16/h9,17H,4-8,10H2,1-3H3,(H,19,20,23). The van der Waals surface area contributed by atoms with Crippen LogP contribution in [0.4, 0.5) is 5.95 Å². The Kier molecular flexibility index (Phi) is 3.07. The first-order chi connectivity index (χ1) is 10.9. The fourth-order valence-corrected chi connectivity index (χ4v) is 3.97. The van der Waals surface area contributed by atoms with E-state index in [1.165, 1.54) is 0 Å². The molecule has 4 rings (SSSR count).